The average Bonchev–Trinajstić information content (AvgIpc) is 2.49. The van der Waals surface area contributed by atoms with E-state index >= 15 is 0 Å². The number of hydrogen-bond acceptors (Lipinski definition) is 2. The minimum absolute atomic E-state index is 0.0273. The second-order valence-electron chi connectivity index (χ2n) is 5.54. The first-order chi connectivity index (χ1) is 10.7. The van der Waals surface area contributed by atoms with Crippen LogP contribution < -0.4 is 5.32 Å². The molecule has 1 aliphatic rings. The topological polar surface area (TPSA) is 49.4 Å². The minimum atomic E-state index is -4.90. The molecule has 0 radical (unpaired) electrons. The Hall–Kier alpha value is -1.57. The van der Waals surface area contributed by atoms with Crippen molar-refractivity contribution in [2.24, 2.45) is 5.92 Å². The maximum Gasteiger partial charge on any atom is 0.471 e. The Kier molecular flexibility index (Phi) is 5.33. The van der Waals surface area contributed by atoms with Crippen molar-refractivity contribution < 1.29 is 22.8 Å². The first kappa shape index (κ1) is 17.8. The van der Waals surface area contributed by atoms with E-state index in [1.54, 1.807) is 18.2 Å². The van der Waals surface area contributed by atoms with Gasteiger partial charge in [-0.25, -0.2) is 0 Å². The quantitative estimate of drug-likeness (QED) is 0.837. The summed E-state index contributed by atoms with van der Waals surface area (Å²) >= 11 is 3.35. The molecule has 1 aromatic carbocycles. The SMILES string of the molecule is Cc1cc(NC(=O)C2CCCN(C(=O)C(F)(F)F)C2)ccc1Br. The second kappa shape index (κ2) is 6.90. The third kappa shape index (κ3) is 4.46. The molecule has 0 bridgehead atoms. The molecule has 4 nitrogen and oxygen atoms in total. The van der Waals surface area contributed by atoms with Crippen molar-refractivity contribution in [3.05, 3.63) is 28.2 Å². The molecule has 1 aromatic rings. The summed E-state index contributed by atoms with van der Waals surface area (Å²) in [7, 11) is 0. The molecule has 0 spiro atoms. The molecule has 1 aliphatic heterocycles. The van der Waals surface area contributed by atoms with Crippen LogP contribution in [0.2, 0.25) is 0 Å². The van der Waals surface area contributed by atoms with Gasteiger partial charge in [-0.15, -0.1) is 0 Å². The number of benzene rings is 1. The van der Waals surface area contributed by atoms with Crippen molar-refractivity contribution in [2.75, 3.05) is 18.4 Å². The Morgan fingerprint density at radius 2 is 2.04 bits per heavy atom. The monoisotopic (exact) mass is 392 g/mol. The predicted octanol–water partition coefficient (Wildman–Crippen LogP) is 3.50. The molecule has 0 aliphatic carbocycles. The molecule has 2 amide bonds. The minimum Gasteiger partial charge on any atom is -0.334 e. The largest absolute Gasteiger partial charge is 0.471 e. The maximum atomic E-state index is 12.5. The van der Waals surface area contributed by atoms with Gasteiger partial charge in [0.25, 0.3) is 0 Å². The van der Waals surface area contributed by atoms with Crippen LogP contribution in [0, 0.1) is 12.8 Å². The highest BCUT2D eigenvalue weighted by atomic mass is 79.9. The lowest BCUT2D eigenvalue weighted by molar-refractivity contribution is -0.187. The molecule has 1 saturated heterocycles. The van der Waals surface area contributed by atoms with Gasteiger partial charge in [0.2, 0.25) is 5.91 Å². The highest BCUT2D eigenvalue weighted by molar-refractivity contribution is 9.10. The fourth-order valence-electron chi connectivity index (χ4n) is 2.52. The zero-order chi connectivity index (χ0) is 17.2. The van der Waals surface area contributed by atoms with Gasteiger partial charge in [-0.2, -0.15) is 13.2 Å². The van der Waals surface area contributed by atoms with Gasteiger partial charge < -0.3 is 10.2 Å². The molecular formula is C15H16BrF3N2O2. The van der Waals surface area contributed by atoms with Crippen LogP contribution in [0.4, 0.5) is 18.9 Å². The van der Waals surface area contributed by atoms with Crippen LogP contribution in [0.15, 0.2) is 22.7 Å². The molecular weight excluding hydrogens is 377 g/mol. The van der Waals surface area contributed by atoms with Gasteiger partial charge >= 0.3 is 12.1 Å². The van der Waals surface area contributed by atoms with Crippen LogP contribution in [0.25, 0.3) is 0 Å². The third-order valence-corrected chi connectivity index (χ3v) is 4.64. The van der Waals surface area contributed by atoms with Crippen molar-refractivity contribution in [1.82, 2.24) is 4.90 Å². The summed E-state index contributed by atoms with van der Waals surface area (Å²) in [5, 5.41) is 2.70. The van der Waals surface area contributed by atoms with Gasteiger partial charge in [-0.3, -0.25) is 9.59 Å². The summed E-state index contributed by atoms with van der Waals surface area (Å²) in [6.07, 6.45) is -4.07. The standard InChI is InChI=1S/C15H16BrF3N2O2/c1-9-7-11(4-5-12(9)16)20-13(22)10-3-2-6-21(8-10)14(23)15(17,18)19/h4-5,7,10H,2-3,6,8H2,1H3,(H,20,22). The molecule has 1 fully saturated rings. The molecule has 126 valence electrons. The van der Waals surface area contributed by atoms with Crippen LogP contribution >= 0.6 is 15.9 Å². The van der Waals surface area contributed by atoms with Crippen LogP contribution in [0.5, 0.6) is 0 Å². The molecule has 0 aromatic heterocycles. The molecule has 1 unspecified atom stereocenters. The number of aryl methyl sites for hydroxylation is 1. The summed E-state index contributed by atoms with van der Waals surface area (Å²) in [6.45, 7) is 1.68. The Morgan fingerprint density at radius 1 is 1.35 bits per heavy atom. The lowest BCUT2D eigenvalue weighted by atomic mass is 9.97. The van der Waals surface area contributed by atoms with Crippen LogP contribution in [-0.4, -0.2) is 36.0 Å². The van der Waals surface area contributed by atoms with Crippen molar-refractivity contribution in [1.29, 1.82) is 0 Å². The molecule has 1 N–H and O–H groups in total. The van der Waals surface area contributed by atoms with E-state index in [9.17, 15) is 22.8 Å². The lowest BCUT2D eigenvalue weighted by Gasteiger charge is -2.32. The van der Waals surface area contributed by atoms with Crippen LogP contribution in [0.1, 0.15) is 18.4 Å². The van der Waals surface area contributed by atoms with E-state index in [0.717, 1.165) is 10.0 Å². The molecule has 0 saturated carbocycles. The Morgan fingerprint density at radius 3 is 2.65 bits per heavy atom. The molecule has 8 heteroatoms. The fourth-order valence-corrected chi connectivity index (χ4v) is 2.77. The smallest absolute Gasteiger partial charge is 0.334 e. The van der Waals surface area contributed by atoms with Gasteiger partial charge in [0.05, 0.1) is 5.92 Å². The summed E-state index contributed by atoms with van der Waals surface area (Å²) < 4.78 is 38.4. The van der Waals surface area contributed by atoms with Crippen molar-refractivity contribution in [2.45, 2.75) is 25.9 Å². The van der Waals surface area contributed by atoms with Gasteiger partial charge in [-0.05, 0) is 43.5 Å². The summed E-state index contributed by atoms with van der Waals surface area (Å²) in [5.74, 6) is -2.89. The Labute approximate surface area is 140 Å². The van der Waals surface area contributed by atoms with E-state index in [-0.39, 0.29) is 19.0 Å². The van der Waals surface area contributed by atoms with Crippen LogP contribution in [0.3, 0.4) is 0 Å². The normalized spacial score (nSPS) is 18.7. The van der Waals surface area contributed by atoms with Crippen molar-refractivity contribution in [3.8, 4) is 0 Å². The van der Waals surface area contributed by atoms with E-state index in [1.807, 2.05) is 6.92 Å². The van der Waals surface area contributed by atoms with Gasteiger partial charge in [0.1, 0.15) is 0 Å². The number of likely N-dealkylation sites (tertiary alicyclic amines) is 1. The molecule has 23 heavy (non-hydrogen) atoms. The van der Waals surface area contributed by atoms with E-state index in [1.165, 1.54) is 0 Å². The van der Waals surface area contributed by atoms with E-state index < -0.39 is 18.0 Å². The lowest BCUT2D eigenvalue weighted by Crippen LogP contribution is -2.48. The Balaban J connectivity index is 2.02. The van der Waals surface area contributed by atoms with Gasteiger partial charge in [0.15, 0.2) is 0 Å². The zero-order valence-electron chi connectivity index (χ0n) is 12.4. The highest BCUT2D eigenvalue weighted by Gasteiger charge is 2.44. The maximum absolute atomic E-state index is 12.5. The number of carbonyl (C=O) groups is 2. The van der Waals surface area contributed by atoms with Crippen LogP contribution in [-0.2, 0) is 9.59 Å². The number of hydrogen-bond donors (Lipinski definition) is 1. The number of alkyl halides is 3. The fraction of sp³-hybridized carbons (Fsp3) is 0.467. The summed E-state index contributed by atoms with van der Waals surface area (Å²) in [5.41, 5.74) is 1.51. The molecule has 1 atom stereocenters. The number of carbonyl (C=O) groups excluding carboxylic acids is 2. The number of nitrogens with zero attached hydrogens (tertiary/aromatic N) is 1. The summed E-state index contributed by atoms with van der Waals surface area (Å²) in [4.78, 5) is 24.2. The predicted molar refractivity (Wildman–Crippen MR) is 82.9 cm³/mol. The molecule has 1 heterocycles. The number of amides is 2. The van der Waals surface area contributed by atoms with Gasteiger partial charge in [0, 0.05) is 23.2 Å². The zero-order valence-corrected chi connectivity index (χ0v) is 14.0. The Bertz CT molecular complexity index is 619. The second-order valence-corrected chi connectivity index (χ2v) is 6.40. The molecule has 2 rings (SSSR count). The number of rotatable bonds is 2. The number of anilines is 1. The van der Waals surface area contributed by atoms with Gasteiger partial charge in [-0.1, -0.05) is 15.9 Å². The third-order valence-electron chi connectivity index (χ3n) is 3.75. The number of piperidine rings is 1. The first-order valence-corrected chi connectivity index (χ1v) is 7.91. The van der Waals surface area contributed by atoms with E-state index in [4.69, 9.17) is 0 Å². The van der Waals surface area contributed by atoms with E-state index in [0.29, 0.717) is 23.4 Å². The van der Waals surface area contributed by atoms with E-state index in [2.05, 4.69) is 21.2 Å². The average molecular weight is 393 g/mol. The van der Waals surface area contributed by atoms with Crippen molar-refractivity contribution in [3.63, 3.8) is 0 Å². The summed E-state index contributed by atoms with van der Waals surface area (Å²) in [6, 6.07) is 5.26. The number of nitrogens with one attached hydrogen (secondary N) is 1. The number of halogens is 4. The highest BCUT2D eigenvalue weighted by Crippen LogP contribution is 2.25. The van der Waals surface area contributed by atoms with Crippen molar-refractivity contribution >= 4 is 33.4 Å². The first-order valence-electron chi connectivity index (χ1n) is 7.11.